The Kier molecular flexibility index (Phi) is 6.30. The van der Waals surface area contributed by atoms with Crippen molar-refractivity contribution in [3.63, 3.8) is 0 Å². The van der Waals surface area contributed by atoms with Crippen molar-refractivity contribution in [3.8, 4) is 0 Å². The van der Waals surface area contributed by atoms with E-state index in [1.165, 1.54) is 12.3 Å². The standard InChI is InChI=1S/C10H19N3O4S/c1-16-4-5-17-3-2-13-18(14,15)10-6-9(7-11)12-8-10/h6,8,12-13H,2-5,7,11H2,1H3. The van der Waals surface area contributed by atoms with Gasteiger partial charge >= 0.3 is 0 Å². The molecule has 1 rings (SSSR count). The van der Waals surface area contributed by atoms with Gasteiger partial charge in [-0.15, -0.1) is 0 Å². The molecule has 0 spiro atoms. The molecule has 0 unspecified atom stereocenters. The fourth-order valence-corrected chi connectivity index (χ4v) is 2.30. The van der Waals surface area contributed by atoms with E-state index >= 15 is 0 Å². The van der Waals surface area contributed by atoms with Crippen molar-refractivity contribution in [2.75, 3.05) is 33.5 Å². The molecule has 0 bridgehead atoms. The first kappa shape index (κ1) is 15.1. The summed E-state index contributed by atoms with van der Waals surface area (Å²) in [5.41, 5.74) is 6.07. The first-order valence-electron chi connectivity index (χ1n) is 5.54. The molecule has 7 nitrogen and oxygen atoms in total. The maximum Gasteiger partial charge on any atom is 0.242 e. The lowest BCUT2D eigenvalue weighted by atomic mass is 10.4. The van der Waals surface area contributed by atoms with E-state index < -0.39 is 10.0 Å². The van der Waals surface area contributed by atoms with E-state index in [2.05, 4.69) is 9.71 Å². The van der Waals surface area contributed by atoms with Gasteiger partial charge in [0.1, 0.15) is 0 Å². The zero-order chi connectivity index (χ0) is 13.4. The summed E-state index contributed by atoms with van der Waals surface area (Å²) in [4.78, 5) is 2.97. The van der Waals surface area contributed by atoms with Gasteiger partial charge in [-0.25, -0.2) is 13.1 Å². The fourth-order valence-electron chi connectivity index (χ4n) is 1.27. The fraction of sp³-hybridized carbons (Fsp3) is 0.600. The summed E-state index contributed by atoms with van der Waals surface area (Å²) in [6, 6.07) is 1.51. The van der Waals surface area contributed by atoms with Crippen LogP contribution < -0.4 is 10.5 Å². The third-order valence-corrected chi connectivity index (χ3v) is 3.66. The normalized spacial score (nSPS) is 11.9. The molecule has 0 aliphatic carbocycles. The van der Waals surface area contributed by atoms with Gasteiger partial charge in [0, 0.05) is 32.1 Å². The average Bonchev–Trinajstić information content (AvgIpc) is 2.83. The van der Waals surface area contributed by atoms with Crippen molar-refractivity contribution in [1.82, 2.24) is 9.71 Å². The lowest BCUT2D eigenvalue weighted by Crippen LogP contribution is -2.27. The highest BCUT2D eigenvalue weighted by molar-refractivity contribution is 7.89. The number of sulfonamides is 1. The van der Waals surface area contributed by atoms with Crippen LogP contribution in [-0.2, 0) is 26.0 Å². The van der Waals surface area contributed by atoms with E-state index in [1.807, 2.05) is 0 Å². The number of H-pyrrole nitrogens is 1. The summed E-state index contributed by atoms with van der Waals surface area (Å²) in [6.07, 6.45) is 1.41. The zero-order valence-corrected chi connectivity index (χ0v) is 11.1. The number of hydrogen-bond acceptors (Lipinski definition) is 5. The SMILES string of the molecule is COCCOCCNS(=O)(=O)c1c[nH]c(CN)c1. The monoisotopic (exact) mass is 277 g/mol. The summed E-state index contributed by atoms with van der Waals surface area (Å²) >= 11 is 0. The minimum absolute atomic E-state index is 0.180. The van der Waals surface area contributed by atoms with Crippen molar-refractivity contribution >= 4 is 10.0 Å². The molecular formula is C10H19N3O4S. The molecule has 0 aliphatic rings. The lowest BCUT2D eigenvalue weighted by Gasteiger charge is -2.05. The summed E-state index contributed by atoms with van der Waals surface area (Å²) < 4.78 is 36.0. The molecule has 0 aromatic carbocycles. The van der Waals surface area contributed by atoms with Crippen LogP contribution in [0.2, 0.25) is 0 Å². The first-order valence-corrected chi connectivity index (χ1v) is 7.02. The molecule has 18 heavy (non-hydrogen) atoms. The largest absolute Gasteiger partial charge is 0.382 e. The molecule has 4 N–H and O–H groups in total. The topological polar surface area (TPSA) is 106 Å². The number of nitrogens with two attached hydrogens (primary N) is 1. The van der Waals surface area contributed by atoms with Gasteiger partial charge in [0.15, 0.2) is 0 Å². The van der Waals surface area contributed by atoms with E-state index in [0.717, 1.165) is 0 Å². The third kappa shape index (κ3) is 4.75. The number of ether oxygens (including phenoxy) is 2. The Morgan fingerprint density at radius 2 is 2.17 bits per heavy atom. The first-order chi connectivity index (χ1) is 8.60. The number of aromatic amines is 1. The molecule has 104 valence electrons. The highest BCUT2D eigenvalue weighted by Crippen LogP contribution is 2.09. The molecule has 0 amide bonds. The van der Waals surface area contributed by atoms with Crippen LogP contribution in [0.1, 0.15) is 5.69 Å². The Morgan fingerprint density at radius 3 is 2.78 bits per heavy atom. The van der Waals surface area contributed by atoms with Gasteiger partial charge in [0.05, 0.1) is 24.7 Å². The minimum Gasteiger partial charge on any atom is -0.382 e. The van der Waals surface area contributed by atoms with Gasteiger partial charge in [-0.05, 0) is 6.07 Å². The Bertz CT molecular complexity index is 444. The lowest BCUT2D eigenvalue weighted by molar-refractivity contribution is 0.0736. The molecule has 1 heterocycles. The molecule has 1 aromatic heterocycles. The number of aromatic nitrogens is 1. The molecule has 0 aliphatic heterocycles. The van der Waals surface area contributed by atoms with Crippen LogP contribution >= 0.6 is 0 Å². The Labute approximate surface area is 107 Å². The van der Waals surface area contributed by atoms with Gasteiger partial charge in [0.2, 0.25) is 10.0 Å². The predicted octanol–water partition coefficient (Wildman–Crippen LogP) is -0.585. The minimum atomic E-state index is -3.49. The smallest absolute Gasteiger partial charge is 0.242 e. The van der Waals surface area contributed by atoms with Crippen molar-refractivity contribution in [1.29, 1.82) is 0 Å². The Hall–Kier alpha value is -0.930. The number of rotatable bonds is 9. The number of methoxy groups -OCH3 is 1. The second-order valence-corrected chi connectivity index (χ2v) is 5.33. The van der Waals surface area contributed by atoms with Crippen LogP contribution in [0.3, 0.4) is 0 Å². The van der Waals surface area contributed by atoms with Gasteiger partial charge in [0.25, 0.3) is 0 Å². The van der Waals surface area contributed by atoms with Crippen LogP contribution in [0.4, 0.5) is 0 Å². The quantitative estimate of drug-likeness (QED) is 0.523. The zero-order valence-electron chi connectivity index (χ0n) is 10.3. The highest BCUT2D eigenvalue weighted by atomic mass is 32.2. The molecule has 0 saturated heterocycles. The molecule has 1 aromatic rings. The van der Waals surface area contributed by atoms with E-state index in [1.54, 1.807) is 7.11 Å². The maximum absolute atomic E-state index is 11.8. The van der Waals surface area contributed by atoms with E-state index in [9.17, 15) is 8.42 Å². The van der Waals surface area contributed by atoms with Gasteiger partial charge in [-0.1, -0.05) is 0 Å². The molecule has 0 atom stereocenters. The summed E-state index contributed by atoms with van der Waals surface area (Å²) in [5, 5.41) is 0. The Balaban J connectivity index is 2.36. The Morgan fingerprint density at radius 1 is 1.39 bits per heavy atom. The number of nitrogens with one attached hydrogen (secondary N) is 2. The second-order valence-electron chi connectivity index (χ2n) is 3.57. The van der Waals surface area contributed by atoms with Gasteiger partial charge in [-0.3, -0.25) is 0 Å². The van der Waals surface area contributed by atoms with E-state index in [0.29, 0.717) is 25.5 Å². The van der Waals surface area contributed by atoms with Crippen LogP contribution in [0.25, 0.3) is 0 Å². The predicted molar refractivity (Wildman–Crippen MR) is 66.6 cm³/mol. The third-order valence-electron chi connectivity index (χ3n) is 2.22. The molecule has 0 radical (unpaired) electrons. The van der Waals surface area contributed by atoms with Gasteiger partial charge < -0.3 is 20.2 Å². The van der Waals surface area contributed by atoms with Crippen molar-refractivity contribution in [3.05, 3.63) is 18.0 Å². The summed E-state index contributed by atoms with van der Waals surface area (Å²) in [5.74, 6) is 0. The van der Waals surface area contributed by atoms with E-state index in [-0.39, 0.29) is 18.0 Å². The molecule has 0 fully saturated rings. The van der Waals surface area contributed by atoms with Crippen LogP contribution in [0, 0.1) is 0 Å². The highest BCUT2D eigenvalue weighted by Gasteiger charge is 2.14. The van der Waals surface area contributed by atoms with E-state index in [4.69, 9.17) is 15.2 Å². The molecule has 8 heteroatoms. The van der Waals surface area contributed by atoms with Crippen molar-refractivity contribution in [2.45, 2.75) is 11.4 Å². The van der Waals surface area contributed by atoms with Crippen LogP contribution in [0.5, 0.6) is 0 Å². The summed E-state index contributed by atoms with van der Waals surface area (Å²) in [7, 11) is -1.91. The molecular weight excluding hydrogens is 258 g/mol. The molecule has 0 saturated carbocycles. The van der Waals surface area contributed by atoms with Crippen molar-refractivity contribution < 1.29 is 17.9 Å². The van der Waals surface area contributed by atoms with Crippen LogP contribution in [-0.4, -0.2) is 46.9 Å². The van der Waals surface area contributed by atoms with Gasteiger partial charge in [-0.2, -0.15) is 0 Å². The number of hydrogen-bond donors (Lipinski definition) is 3. The maximum atomic E-state index is 11.8. The van der Waals surface area contributed by atoms with Crippen molar-refractivity contribution in [2.24, 2.45) is 5.73 Å². The second kappa shape index (κ2) is 7.49. The average molecular weight is 277 g/mol. The summed E-state index contributed by atoms with van der Waals surface area (Å²) in [6.45, 7) is 1.73. The van der Waals surface area contributed by atoms with Crippen LogP contribution in [0.15, 0.2) is 17.2 Å².